The zero-order valence-corrected chi connectivity index (χ0v) is 15.8. The van der Waals surface area contributed by atoms with E-state index in [-0.39, 0.29) is 12.1 Å². The van der Waals surface area contributed by atoms with Crippen molar-refractivity contribution in [2.75, 3.05) is 0 Å². The molecule has 27 heavy (non-hydrogen) atoms. The van der Waals surface area contributed by atoms with E-state index < -0.39 is 0 Å². The van der Waals surface area contributed by atoms with Crippen molar-refractivity contribution >= 4 is 6.03 Å². The molecule has 2 amide bonds. The van der Waals surface area contributed by atoms with Gasteiger partial charge < -0.3 is 15.2 Å². The number of carbonyl (C=O) groups excluding carboxylic acids is 1. The maximum atomic E-state index is 12.6. The van der Waals surface area contributed by atoms with E-state index in [1.807, 2.05) is 17.7 Å². The summed E-state index contributed by atoms with van der Waals surface area (Å²) in [5.41, 5.74) is 2.18. The number of carbonyl (C=O) groups is 1. The van der Waals surface area contributed by atoms with Crippen molar-refractivity contribution in [2.45, 2.75) is 51.1 Å². The number of hydrogen-bond donors (Lipinski definition) is 2. The summed E-state index contributed by atoms with van der Waals surface area (Å²) >= 11 is 0. The molecule has 6 atom stereocenters. The lowest BCUT2D eigenvalue weighted by Crippen LogP contribution is -2.47. The molecule has 3 aliphatic rings. The molecule has 0 spiro atoms. The van der Waals surface area contributed by atoms with Crippen molar-refractivity contribution in [3.8, 4) is 5.69 Å². The van der Waals surface area contributed by atoms with Gasteiger partial charge in [0.1, 0.15) is 0 Å². The van der Waals surface area contributed by atoms with Crippen LogP contribution in [0.1, 0.15) is 50.6 Å². The molecule has 5 heteroatoms. The first-order valence-electron chi connectivity index (χ1n) is 10.3. The van der Waals surface area contributed by atoms with Gasteiger partial charge in [0.05, 0.1) is 12.4 Å². The van der Waals surface area contributed by atoms with E-state index in [2.05, 4.69) is 39.9 Å². The van der Waals surface area contributed by atoms with E-state index in [4.69, 9.17) is 0 Å². The largest absolute Gasteiger partial charge is 0.335 e. The molecule has 0 radical (unpaired) electrons. The first-order valence-corrected chi connectivity index (χ1v) is 10.3. The Labute approximate surface area is 160 Å². The molecule has 1 aromatic carbocycles. The van der Waals surface area contributed by atoms with Crippen molar-refractivity contribution in [3.63, 3.8) is 0 Å². The maximum absolute atomic E-state index is 12.6. The molecule has 5 rings (SSSR count). The summed E-state index contributed by atoms with van der Waals surface area (Å²) in [5, 5.41) is 6.42. The summed E-state index contributed by atoms with van der Waals surface area (Å²) < 4.78 is 1.97. The molecule has 142 valence electrons. The Bertz CT molecular complexity index is 800. The number of rotatable bonds is 4. The summed E-state index contributed by atoms with van der Waals surface area (Å²) in [6, 6.07) is 8.60. The monoisotopic (exact) mass is 364 g/mol. The molecule has 1 heterocycles. The number of nitrogens with one attached hydrogen (secondary N) is 2. The Morgan fingerprint density at radius 2 is 1.96 bits per heavy atom. The van der Waals surface area contributed by atoms with Crippen LogP contribution in [0.3, 0.4) is 0 Å². The topological polar surface area (TPSA) is 59.0 Å². The second kappa shape index (κ2) is 6.70. The molecular weight excluding hydrogens is 336 g/mol. The fourth-order valence-electron chi connectivity index (χ4n) is 6.07. The quantitative estimate of drug-likeness (QED) is 0.860. The molecule has 5 nitrogen and oxygen atoms in total. The SMILES string of the molecule is C[C@H](NC(=O)N[C@@H]1C[C@H]2C[C@H]1[C@H]1CCC[C@H]21)c1ccc(-n2ccnc2)cc1. The van der Waals surface area contributed by atoms with Gasteiger partial charge in [0.25, 0.3) is 0 Å². The first kappa shape index (κ1) is 16.8. The predicted molar refractivity (Wildman–Crippen MR) is 104 cm³/mol. The van der Waals surface area contributed by atoms with Crippen LogP contribution in [0.25, 0.3) is 5.69 Å². The highest BCUT2D eigenvalue weighted by Gasteiger charge is 2.54. The van der Waals surface area contributed by atoms with Crippen LogP contribution in [-0.4, -0.2) is 21.6 Å². The Morgan fingerprint density at radius 1 is 1.15 bits per heavy atom. The molecule has 0 aliphatic heterocycles. The van der Waals surface area contributed by atoms with E-state index in [1.165, 1.54) is 32.1 Å². The number of urea groups is 1. The van der Waals surface area contributed by atoms with Crippen molar-refractivity contribution < 1.29 is 4.79 Å². The van der Waals surface area contributed by atoms with Crippen LogP contribution in [-0.2, 0) is 0 Å². The summed E-state index contributed by atoms with van der Waals surface area (Å²) in [5.74, 6) is 3.42. The standard InChI is InChI=1S/C22H28N4O/c1-14(15-5-7-17(8-6-15)26-10-9-23-13-26)24-22(27)25-21-12-16-11-20(21)19-4-2-3-18(16)19/h5-10,13-14,16,18-21H,2-4,11-12H2,1H3,(H2,24,25,27)/t14-,16+,18+,19-,20-,21+/m0/s1. The lowest BCUT2D eigenvalue weighted by Gasteiger charge is -2.32. The third kappa shape index (κ3) is 3.03. The van der Waals surface area contributed by atoms with Gasteiger partial charge in [-0.25, -0.2) is 9.78 Å². The van der Waals surface area contributed by atoms with Gasteiger partial charge in [-0.1, -0.05) is 18.6 Å². The van der Waals surface area contributed by atoms with E-state index in [0.717, 1.165) is 34.9 Å². The van der Waals surface area contributed by atoms with Crippen molar-refractivity contribution in [1.82, 2.24) is 20.2 Å². The molecule has 3 aliphatic carbocycles. The molecule has 1 aromatic heterocycles. The number of imidazole rings is 1. The lowest BCUT2D eigenvalue weighted by atomic mass is 9.79. The summed E-state index contributed by atoms with van der Waals surface area (Å²) in [7, 11) is 0. The molecule has 2 aromatic rings. The number of aromatic nitrogens is 2. The Balaban J connectivity index is 1.18. The second-order valence-corrected chi connectivity index (χ2v) is 8.66. The van der Waals surface area contributed by atoms with Gasteiger partial charge in [0, 0.05) is 24.1 Å². The van der Waals surface area contributed by atoms with Gasteiger partial charge in [-0.15, -0.1) is 0 Å². The van der Waals surface area contributed by atoms with Crippen LogP contribution in [0.2, 0.25) is 0 Å². The summed E-state index contributed by atoms with van der Waals surface area (Å²) in [6.07, 6.45) is 12.2. The third-order valence-electron chi connectivity index (χ3n) is 7.29. The van der Waals surface area contributed by atoms with Gasteiger partial charge in [-0.3, -0.25) is 0 Å². The van der Waals surface area contributed by atoms with E-state index in [1.54, 1.807) is 12.5 Å². The van der Waals surface area contributed by atoms with Gasteiger partial charge in [-0.2, -0.15) is 0 Å². The minimum absolute atomic E-state index is 0.0142. The molecule has 3 saturated carbocycles. The molecule has 2 bridgehead atoms. The zero-order valence-electron chi connectivity index (χ0n) is 15.8. The molecule has 2 N–H and O–H groups in total. The minimum Gasteiger partial charge on any atom is -0.335 e. The highest BCUT2D eigenvalue weighted by Crippen LogP contribution is 2.58. The fourth-order valence-corrected chi connectivity index (χ4v) is 6.07. The van der Waals surface area contributed by atoms with Crippen LogP contribution in [0.15, 0.2) is 43.0 Å². The third-order valence-corrected chi connectivity index (χ3v) is 7.29. The van der Waals surface area contributed by atoms with Gasteiger partial charge >= 0.3 is 6.03 Å². The van der Waals surface area contributed by atoms with E-state index in [9.17, 15) is 4.79 Å². The van der Waals surface area contributed by atoms with Crippen molar-refractivity contribution in [3.05, 3.63) is 48.5 Å². The van der Waals surface area contributed by atoms with Crippen molar-refractivity contribution in [1.29, 1.82) is 0 Å². The highest BCUT2D eigenvalue weighted by molar-refractivity contribution is 5.75. The Kier molecular flexibility index (Phi) is 4.18. The molecule has 0 saturated heterocycles. The average molecular weight is 364 g/mol. The summed E-state index contributed by atoms with van der Waals surface area (Å²) in [6.45, 7) is 2.04. The molecule has 3 fully saturated rings. The van der Waals surface area contributed by atoms with Gasteiger partial charge in [0.2, 0.25) is 0 Å². The lowest BCUT2D eigenvalue weighted by molar-refractivity contribution is 0.196. The zero-order chi connectivity index (χ0) is 18.4. The van der Waals surface area contributed by atoms with Crippen molar-refractivity contribution in [2.24, 2.45) is 23.7 Å². The predicted octanol–water partition coefficient (Wildman–Crippen LogP) is 4.06. The number of benzene rings is 1. The van der Waals surface area contributed by atoms with Crippen LogP contribution in [0.5, 0.6) is 0 Å². The minimum atomic E-state index is -0.0201. The van der Waals surface area contributed by atoms with E-state index in [0.29, 0.717) is 6.04 Å². The number of amides is 2. The number of hydrogen-bond acceptors (Lipinski definition) is 2. The number of nitrogens with zero attached hydrogens (tertiary/aromatic N) is 2. The highest BCUT2D eigenvalue weighted by atomic mass is 16.2. The van der Waals surface area contributed by atoms with Crippen LogP contribution in [0, 0.1) is 23.7 Å². The smallest absolute Gasteiger partial charge is 0.315 e. The average Bonchev–Trinajstić information content (AvgIpc) is 3.43. The number of fused-ring (bicyclic) bond motifs is 5. The molecular formula is C22H28N4O. The van der Waals surface area contributed by atoms with Gasteiger partial charge in [-0.05, 0) is 74.0 Å². The first-order chi connectivity index (χ1) is 13.2. The molecule has 0 unspecified atom stereocenters. The Morgan fingerprint density at radius 3 is 2.74 bits per heavy atom. The van der Waals surface area contributed by atoms with E-state index >= 15 is 0 Å². The Hall–Kier alpha value is -2.30. The fraction of sp³-hybridized carbons (Fsp3) is 0.545. The normalized spacial score (nSPS) is 32.3. The van der Waals surface area contributed by atoms with Gasteiger partial charge in [0.15, 0.2) is 0 Å². The summed E-state index contributed by atoms with van der Waals surface area (Å²) in [4.78, 5) is 16.6. The van der Waals surface area contributed by atoms with Crippen LogP contribution < -0.4 is 10.6 Å². The van der Waals surface area contributed by atoms with Crippen LogP contribution in [0.4, 0.5) is 4.79 Å². The van der Waals surface area contributed by atoms with Crippen LogP contribution >= 0.6 is 0 Å². The maximum Gasteiger partial charge on any atom is 0.315 e. The second-order valence-electron chi connectivity index (χ2n) is 8.66.